The molecule has 0 bridgehead atoms. The van der Waals surface area contributed by atoms with Crippen molar-refractivity contribution in [2.45, 2.75) is 32.9 Å². The summed E-state index contributed by atoms with van der Waals surface area (Å²) in [6, 6.07) is 8.90. The molecule has 0 amide bonds. The molecule has 2 aliphatic rings. The van der Waals surface area contributed by atoms with Crippen molar-refractivity contribution in [3.8, 4) is 0 Å². The Morgan fingerprint density at radius 1 is 1.15 bits per heavy atom. The van der Waals surface area contributed by atoms with Crippen molar-refractivity contribution in [2.75, 3.05) is 46.4 Å². The number of morpholine rings is 1. The van der Waals surface area contributed by atoms with Crippen LogP contribution in [0.5, 0.6) is 0 Å². The summed E-state index contributed by atoms with van der Waals surface area (Å²) in [4.78, 5) is 9.33. The molecule has 5 nitrogen and oxygen atoms in total. The fourth-order valence-electron chi connectivity index (χ4n) is 3.59. The molecule has 26 heavy (non-hydrogen) atoms. The first-order valence-corrected chi connectivity index (χ1v) is 9.58. The molecule has 0 radical (unpaired) electrons. The summed E-state index contributed by atoms with van der Waals surface area (Å²) in [7, 11) is 1.88. The van der Waals surface area contributed by atoms with Crippen molar-refractivity contribution in [2.24, 2.45) is 10.9 Å². The molecule has 1 aromatic carbocycles. The van der Waals surface area contributed by atoms with Gasteiger partial charge < -0.3 is 15.0 Å². The zero-order chi connectivity index (χ0) is 17.5. The van der Waals surface area contributed by atoms with Gasteiger partial charge in [-0.2, -0.15) is 0 Å². The summed E-state index contributed by atoms with van der Waals surface area (Å²) < 4.78 is 5.43. The number of piperidine rings is 1. The molecule has 2 heterocycles. The summed E-state index contributed by atoms with van der Waals surface area (Å²) >= 11 is 0. The first-order chi connectivity index (χ1) is 12.2. The van der Waals surface area contributed by atoms with Crippen LogP contribution in [0.25, 0.3) is 0 Å². The van der Waals surface area contributed by atoms with Gasteiger partial charge in [0, 0.05) is 46.3 Å². The molecule has 1 N–H and O–H groups in total. The summed E-state index contributed by atoms with van der Waals surface area (Å²) in [5.74, 6) is 1.87. The third-order valence-electron chi connectivity index (χ3n) is 5.25. The maximum atomic E-state index is 5.43. The fourth-order valence-corrected chi connectivity index (χ4v) is 3.59. The molecule has 0 saturated carbocycles. The van der Waals surface area contributed by atoms with Gasteiger partial charge in [-0.1, -0.05) is 31.2 Å². The number of nitrogens with one attached hydrogen (secondary N) is 1. The molecule has 6 heteroatoms. The summed E-state index contributed by atoms with van der Waals surface area (Å²) in [6.07, 6.45) is 2.52. The molecule has 0 spiro atoms. The van der Waals surface area contributed by atoms with E-state index in [2.05, 4.69) is 51.3 Å². The van der Waals surface area contributed by atoms with Gasteiger partial charge in [-0.3, -0.25) is 9.89 Å². The van der Waals surface area contributed by atoms with Crippen LogP contribution in [0, 0.1) is 5.92 Å². The van der Waals surface area contributed by atoms with Gasteiger partial charge in [0.05, 0.1) is 13.2 Å². The Balaban J connectivity index is 0.00000243. The molecular weight excluding hydrogens is 439 g/mol. The standard InChI is InChI=1S/C20H32N4O.HI/c1-17-6-8-24(9-7-17)20(21-2)22-15-18-4-3-5-19(14-18)16-23-10-12-25-13-11-23;/h3-5,14,17H,6-13,15-16H2,1-2H3,(H,21,22);1H. The van der Waals surface area contributed by atoms with E-state index < -0.39 is 0 Å². The van der Waals surface area contributed by atoms with Gasteiger partial charge >= 0.3 is 0 Å². The molecule has 2 fully saturated rings. The average molecular weight is 472 g/mol. The first kappa shape index (κ1) is 21.4. The predicted octanol–water partition coefficient (Wildman–Crippen LogP) is 2.94. The van der Waals surface area contributed by atoms with Crippen molar-refractivity contribution < 1.29 is 4.74 Å². The lowest BCUT2D eigenvalue weighted by Gasteiger charge is -2.33. The minimum atomic E-state index is 0. The summed E-state index contributed by atoms with van der Waals surface area (Å²) in [5, 5.41) is 3.54. The number of hydrogen-bond acceptors (Lipinski definition) is 3. The van der Waals surface area contributed by atoms with Crippen LogP contribution in [-0.2, 0) is 17.8 Å². The lowest BCUT2D eigenvalue weighted by Crippen LogP contribution is -2.45. The highest BCUT2D eigenvalue weighted by Crippen LogP contribution is 2.16. The molecule has 1 aromatic rings. The highest BCUT2D eigenvalue weighted by molar-refractivity contribution is 14.0. The second-order valence-corrected chi connectivity index (χ2v) is 7.28. The Hall–Kier alpha value is -0.860. The number of guanidine groups is 1. The van der Waals surface area contributed by atoms with Crippen molar-refractivity contribution in [3.63, 3.8) is 0 Å². The minimum absolute atomic E-state index is 0. The van der Waals surface area contributed by atoms with Crippen LogP contribution in [0.15, 0.2) is 29.3 Å². The third-order valence-corrected chi connectivity index (χ3v) is 5.25. The smallest absolute Gasteiger partial charge is 0.193 e. The summed E-state index contributed by atoms with van der Waals surface area (Å²) in [5.41, 5.74) is 2.69. The number of hydrogen-bond donors (Lipinski definition) is 1. The van der Waals surface area contributed by atoms with Crippen LogP contribution >= 0.6 is 24.0 Å². The summed E-state index contributed by atoms with van der Waals surface area (Å²) in [6.45, 7) is 10.2. The van der Waals surface area contributed by atoms with Gasteiger partial charge in [0.15, 0.2) is 5.96 Å². The van der Waals surface area contributed by atoms with E-state index in [-0.39, 0.29) is 24.0 Å². The van der Waals surface area contributed by atoms with E-state index in [1.807, 2.05) is 7.05 Å². The lowest BCUT2D eigenvalue weighted by molar-refractivity contribution is 0.0342. The topological polar surface area (TPSA) is 40.1 Å². The van der Waals surface area contributed by atoms with E-state index in [9.17, 15) is 0 Å². The molecule has 2 aliphatic heterocycles. The van der Waals surface area contributed by atoms with Crippen LogP contribution in [-0.4, -0.2) is 62.2 Å². The van der Waals surface area contributed by atoms with Gasteiger partial charge in [0.25, 0.3) is 0 Å². The molecule has 3 rings (SSSR count). The molecule has 0 aliphatic carbocycles. The Morgan fingerprint density at radius 3 is 2.54 bits per heavy atom. The number of ether oxygens (including phenoxy) is 1. The SMILES string of the molecule is CN=C(NCc1cccc(CN2CCOCC2)c1)N1CCC(C)CC1.I. The van der Waals surface area contributed by atoms with E-state index >= 15 is 0 Å². The van der Waals surface area contributed by atoms with Gasteiger partial charge in [-0.15, -0.1) is 24.0 Å². The number of likely N-dealkylation sites (tertiary alicyclic amines) is 1. The van der Waals surface area contributed by atoms with Gasteiger partial charge in [0.1, 0.15) is 0 Å². The maximum Gasteiger partial charge on any atom is 0.193 e. The zero-order valence-corrected chi connectivity index (χ0v) is 18.4. The number of rotatable bonds is 4. The Bertz CT molecular complexity index is 567. The van der Waals surface area contributed by atoms with Gasteiger partial charge in [-0.05, 0) is 29.9 Å². The first-order valence-electron chi connectivity index (χ1n) is 9.58. The Kier molecular flexibility index (Phi) is 9.15. The van der Waals surface area contributed by atoms with Crippen molar-refractivity contribution >= 4 is 29.9 Å². The van der Waals surface area contributed by atoms with Crippen LogP contribution in [0.4, 0.5) is 0 Å². The Morgan fingerprint density at radius 2 is 1.85 bits per heavy atom. The van der Waals surface area contributed by atoms with E-state index in [4.69, 9.17) is 4.74 Å². The van der Waals surface area contributed by atoms with Gasteiger partial charge in [-0.25, -0.2) is 0 Å². The predicted molar refractivity (Wildman–Crippen MR) is 118 cm³/mol. The highest BCUT2D eigenvalue weighted by Gasteiger charge is 2.18. The lowest BCUT2D eigenvalue weighted by atomic mass is 9.99. The minimum Gasteiger partial charge on any atom is -0.379 e. The second kappa shape index (κ2) is 11.1. The quantitative estimate of drug-likeness (QED) is 0.416. The molecule has 0 unspecified atom stereocenters. The highest BCUT2D eigenvalue weighted by atomic mass is 127. The zero-order valence-electron chi connectivity index (χ0n) is 16.1. The van der Waals surface area contributed by atoms with E-state index in [1.54, 1.807) is 0 Å². The van der Waals surface area contributed by atoms with Crippen molar-refractivity contribution in [1.29, 1.82) is 0 Å². The van der Waals surface area contributed by atoms with Crippen LogP contribution in [0.3, 0.4) is 0 Å². The molecule has 146 valence electrons. The third kappa shape index (κ3) is 6.39. The molecule has 2 saturated heterocycles. The number of halogens is 1. The van der Waals surface area contributed by atoms with E-state index in [1.165, 1.54) is 24.0 Å². The second-order valence-electron chi connectivity index (χ2n) is 7.28. The monoisotopic (exact) mass is 472 g/mol. The van der Waals surface area contributed by atoms with Gasteiger partial charge in [0.2, 0.25) is 0 Å². The molecular formula is C20H33IN4O. The largest absolute Gasteiger partial charge is 0.379 e. The van der Waals surface area contributed by atoms with Crippen LogP contribution < -0.4 is 5.32 Å². The fraction of sp³-hybridized carbons (Fsp3) is 0.650. The molecule has 0 atom stereocenters. The van der Waals surface area contributed by atoms with Crippen LogP contribution in [0.2, 0.25) is 0 Å². The van der Waals surface area contributed by atoms with Crippen LogP contribution in [0.1, 0.15) is 30.9 Å². The van der Waals surface area contributed by atoms with Crippen molar-refractivity contribution in [1.82, 2.24) is 15.1 Å². The Labute approximate surface area is 175 Å². The number of benzene rings is 1. The van der Waals surface area contributed by atoms with Crippen molar-refractivity contribution in [3.05, 3.63) is 35.4 Å². The molecule has 0 aromatic heterocycles. The maximum absolute atomic E-state index is 5.43. The number of nitrogens with zero attached hydrogens (tertiary/aromatic N) is 3. The average Bonchev–Trinajstić information content (AvgIpc) is 2.65. The van der Waals surface area contributed by atoms with E-state index in [0.29, 0.717) is 0 Å². The number of aliphatic imine (C=N–C) groups is 1. The van der Waals surface area contributed by atoms with E-state index in [0.717, 1.165) is 64.4 Å². The normalized spacial score (nSPS) is 19.9.